The van der Waals surface area contributed by atoms with E-state index in [9.17, 15) is 9.59 Å². The van der Waals surface area contributed by atoms with Crippen molar-refractivity contribution in [1.29, 1.82) is 0 Å². The van der Waals surface area contributed by atoms with E-state index in [1.54, 1.807) is 23.1 Å². The molecule has 0 saturated carbocycles. The van der Waals surface area contributed by atoms with E-state index in [4.69, 9.17) is 10.5 Å². The zero-order valence-electron chi connectivity index (χ0n) is 11.7. The van der Waals surface area contributed by atoms with E-state index in [-0.39, 0.29) is 24.4 Å². The number of carbonyl (C=O) groups is 2. The third-order valence-corrected chi connectivity index (χ3v) is 3.20. The number of nitrogens with one attached hydrogen (secondary N) is 1. The molecule has 108 valence electrons. The van der Waals surface area contributed by atoms with E-state index >= 15 is 0 Å². The highest BCUT2D eigenvalue weighted by Crippen LogP contribution is 2.28. The second kappa shape index (κ2) is 5.81. The van der Waals surface area contributed by atoms with E-state index in [0.717, 1.165) is 5.69 Å². The molecule has 6 nitrogen and oxygen atoms in total. The summed E-state index contributed by atoms with van der Waals surface area (Å²) >= 11 is 0. The minimum Gasteiger partial charge on any atom is -0.494 e. The number of carbonyl (C=O) groups excluding carboxylic acids is 2. The van der Waals surface area contributed by atoms with Gasteiger partial charge >= 0.3 is 0 Å². The van der Waals surface area contributed by atoms with Gasteiger partial charge in [-0.25, -0.2) is 0 Å². The monoisotopic (exact) mass is 277 g/mol. The van der Waals surface area contributed by atoms with Crippen molar-refractivity contribution in [1.82, 2.24) is 5.32 Å². The predicted molar refractivity (Wildman–Crippen MR) is 76.6 cm³/mol. The molecule has 2 amide bonds. The molecule has 2 rings (SSSR count). The maximum Gasteiger partial charge on any atom is 0.249 e. The van der Waals surface area contributed by atoms with E-state index in [0.29, 0.717) is 24.5 Å². The summed E-state index contributed by atoms with van der Waals surface area (Å²) in [6.45, 7) is 4.46. The molecule has 0 aromatic heterocycles. The highest BCUT2D eigenvalue weighted by Gasteiger charge is 2.32. The minimum absolute atomic E-state index is 0.138. The van der Waals surface area contributed by atoms with E-state index in [1.165, 1.54) is 0 Å². The van der Waals surface area contributed by atoms with Crippen LogP contribution in [-0.2, 0) is 9.59 Å². The van der Waals surface area contributed by atoms with Crippen LogP contribution in [0.5, 0.6) is 5.75 Å². The van der Waals surface area contributed by atoms with Gasteiger partial charge in [-0.1, -0.05) is 6.92 Å². The van der Waals surface area contributed by atoms with Crippen LogP contribution in [0.3, 0.4) is 0 Å². The molecular formula is C14H19N3O3. The Morgan fingerprint density at radius 3 is 2.75 bits per heavy atom. The Bertz CT molecular complexity index is 530. The number of anilines is 2. The third kappa shape index (κ3) is 2.84. The molecule has 0 bridgehead atoms. The van der Waals surface area contributed by atoms with Crippen LogP contribution in [0.15, 0.2) is 18.2 Å². The van der Waals surface area contributed by atoms with Crippen LogP contribution in [0.1, 0.15) is 20.3 Å². The largest absolute Gasteiger partial charge is 0.494 e. The number of imide groups is 1. The average molecular weight is 277 g/mol. The fraction of sp³-hybridized carbons (Fsp3) is 0.429. The first-order valence-electron chi connectivity index (χ1n) is 6.68. The number of nitrogens with two attached hydrogens (primary N) is 1. The molecule has 1 aliphatic heterocycles. The van der Waals surface area contributed by atoms with Gasteiger partial charge in [0, 0.05) is 23.5 Å². The summed E-state index contributed by atoms with van der Waals surface area (Å²) in [4.78, 5) is 25.2. The summed E-state index contributed by atoms with van der Waals surface area (Å²) in [6.07, 6.45) is 0.609. The Morgan fingerprint density at radius 2 is 2.10 bits per heavy atom. The summed E-state index contributed by atoms with van der Waals surface area (Å²) in [7, 11) is 0. The summed E-state index contributed by atoms with van der Waals surface area (Å²) in [6, 6.07) is 4.90. The van der Waals surface area contributed by atoms with Gasteiger partial charge in [0.2, 0.25) is 11.8 Å². The quantitative estimate of drug-likeness (QED) is 0.631. The molecule has 0 radical (unpaired) electrons. The van der Waals surface area contributed by atoms with Crippen molar-refractivity contribution < 1.29 is 14.3 Å². The number of rotatable bonds is 4. The van der Waals surface area contributed by atoms with Crippen molar-refractivity contribution in [3.05, 3.63) is 18.2 Å². The number of piperazine rings is 1. The Balaban J connectivity index is 2.36. The number of hydrogen-bond acceptors (Lipinski definition) is 5. The molecule has 1 aliphatic rings. The maximum absolute atomic E-state index is 11.9. The highest BCUT2D eigenvalue weighted by atomic mass is 16.5. The zero-order valence-corrected chi connectivity index (χ0v) is 11.7. The molecule has 1 atom stereocenters. The highest BCUT2D eigenvalue weighted by molar-refractivity contribution is 6.04. The van der Waals surface area contributed by atoms with Crippen LogP contribution in [0.4, 0.5) is 11.4 Å². The van der Waals surface area contributed by atoms with Crippen LogP contribution >= 0.6 is 0 Å². The molecule has 6 heteroatoms. The van der Waals surface area contributed by atoms with Gasteiger partial charge in [0.25, 0.3) is 0 Å². The minimum atomic E-state index is -0.371. The van der Waals surface area contributed by atoms with Gasteiger partial charge in [-0.15, -0.1) is 0 Å². The fourth-order valence-electron chi connectivity index (χ4n) is 2.37. The Kier molecular flexibility index (Phi) is 4.12. The smallest absolute Gasteiger partial charge is 0.249 e. The van der Waals surface area contributed by atoms with Gasteiger partial charge in [0.15, 0.2) is 0 Å². The molecule has 1 fully saturated rings. The number of amides is 2. The van der Waals surface area contributed by atoms with Crippen LogP contribution < -0.4 is 20.7 Å². The van der Waals surface area contributed by atoms with E-state index in [1.807, 2.05) is 13.8 Å². The Morgan fingerprint density at radius 1 is 1.35 bits per heavy atom. The zero-order chi connectivity index (χ0) is 14.7. The molecule has 1 heterocycles. The molecule has 1 aromatic carbocycles. The van der Waals surface area contributed by atoms with Crippen LogP contribution in [0, 0.1) is 0 Å². The fourth-order valence-corrected chi connectivity index (χ4v) is 2.37. The Hall–Kier alpha value is -2.24. The lowest BCUT2D eigenvalue weighted by molar-refractivity contribution is -0.132. The van der Waals surface area contributed by atoms with Crippen molar-refractivity contribution in [3.8, 4) is 5.75 Å². The molecule has 0 spiro atoms. The van der Waals surface area contributed by atoms with Crippen molar-refractivity contribution in [2.24, 2.45) is 0 Å². The summed E-state index contributed by atoms with van der Waals surface area (Å²) in [5, 5.41) is 2.35. The molecule has 3 N–H and O–H groups in total. The second-order valence-electron chi connectivity index (χ2n) is 4.66. The van der Waals surface area contributed by atoms with Gasteiger partial charge in [0.05, 0.1) is 13.2 Å². The van der Waals surface area contributed by atoms with Crippen molar-refractivity contribution in [2.75, 3.05) is 23.8 Å². The average Bonchev–Trinajstić information content (AvgIpc) is 2.37. The van der Waals surface area contributed by atoms with Crippen molar-refractivity contribution in [3.63, 3.8) is 0 Å². The van der Waals surface area contributed by atoms with E-state index in [2.05, 4.69) is 5.32 Å². The van der Waals surface area contributed by atoms with Crippen LogP contribution in [0.2, 0.25) is 0 Å². The summed E-state index contributed by atoms with van der Waals surface area (Å²) in [5.41, 5.74) is 7.13. The molecule has 20 heavy (non-hydrogen) atoms. The molecule has 1 aromatic rings. The lowest BCUT2D eigenvalue weighted by atomic mass is 10.1. The van der Waals surface area contributed by atoms with Crippen molar-refractivity contribution in [2.45, 2.75) is 26.3 Å². The maximum atomic E-state index is 11.9. The number of nitrogen functional groups attached to an aromatic ring is 1. The molecule has 1 saturated heterocycles. The van der Waals surface area contributed by atoms with Gasteiger partial charge in [-0.3, -0.25) is 14.9 Å². The molecule has 0 aliphatic carbocycles. The number of nitrogens with zero attached hydrogens (tertiary/aromatic N) is 1. The topological polar surface area (TPSA) is 84.7 Å². The number of hydrogen-bond donors (Lipinski definition) is 2. The van der Waals surface area contributed by atoms with Gasteiger partial charge in [-0.05, 0) is 19.4 Å². The second-order valence-corrected chi connectivity index (χ2v) is 4.66. The Labute approximate surface area is 117 Å². The number of ether oxygens (including phenoxy) is 1. The standard InChI is InChI=1S/C14H19N3O3/c1-3-12-14(19)16-13(18)8-17(12)10-5-9(15)6-11(7-10)20-4-2/h5-7,12H,3-4,8,15H2,1-2H3,(H,16,18,19). The first kappa shape index (κ1) is 14.2. The molecular weight excluding hydrogens is 258 g/mol. The molecule has 1 unspecified atom stereocenters. The van der Waals surface area contributed by atoms with Gasteiger partial charge < -0.3 is 15.4 Å². The lowest BCUT2D eigenvalue weighted by Crippen LogP contribution is -2.58. The first-order chi connectivity index (χ1) is 9.55. The normalized spacial score (nSPS) is 18.9. The number of benzene rings is 1. The van der Waals surface area contributed by atoms with Crippen molar-refractivity contribution >= 4 is 23.2 Å². The van der Waals surface area contributed by atoms with Gasteiger partial charge in [-0.2, -0.15) is 0 Å². The third-order valence-electron chi connectivity index (χ3n) is 3.20. The van der Waals surface area contributed by atoms with Gasteiger partial charge in [0.1, 0.15) is 11.8 Å². The van der Waals surface area contributed by atoms with Crippen LogP contribution in [-0.4, -0.2) is 31.0 Å². The lowest BCUT2D eigenvalue weighted by Gasteiger charge is -2.35. The summed E-state index contributed by atoms with van der Waals surface area (Å²) < 4.78 is 5.45. The van der Waals surface area contributed by atoms with Crippen LogP contribution in [0.25, 0.3) is 0 Å². The SMILES string of the molecule is CCOc1cc(N)cc(N2CC(=O)NC(=O)C2CC)c1. The first-order valence-corrected chi connectivity index (χ1v) is 6.68. The predicted octanol–water partition coefficient (Wildman–Crippen LogP) is 0.909. The van der Waals surface area contributed by atoms with E-state index < -0.39 is 0 Å². The summed E-state index contributed by atoms with van der Waals surface area (Å²) in [5.74, 6) is 0.0556.